The summed E-state index contributed by atoms with van der Waals surface area (Å²) in [5.41, 5.74) is 9.13. The summed E-state index contributed by atoms with van der Waals surface area (Å²) in [6.45, 7) is 11.3. The van der Waals surface area contributed by atoms with Gasteiger partial charge in [0.1, 0.15) is 0 Å². The van der Waals surface area contributed by atoms with Crippen molar-refractivity contribution in [1.29, 1.82) is 0 Å². The van der Waals surface area contributed by atoms with Gasteiger partial charge in [-0.2, -0.15) is 0 Å². The summed E-state index contributed by atoms with van der Waals surface area (Å²) in [5, 5.41) is 0. The van der Waals surface area contributed by atoms with E-state index in [1.165, 1.54) is 86.5 Å². The van der Waals surface area contributed by atoms with Crippen LogP contribution in [0.25, 0.3) is 0 Å². The number of rotatable bonds is 18. The predicted octanol–water partition coefficient (Wildman–Crippen LogP) is 10.7. The molecule has 0 radical (unpaired) electrons. The standard InChI is InChI=1S/C34H52N2.Ni/c1-6-11-12-13-14-15-20-34(36-33-24-22-29(17-8-3)31(26-33)19-10-5)27-35-32-23-21-28(16-7-2)30(25-32)18-9-4;/h21-27H,6-20H2,1-5H3;. The summed E-state index contributed by atoms with van der Waals surface area (Å²) in [7, 11) is 0. The molecule has 2 aromatic carbocycles. The molecule has 0 fully saturated rings. The van der Waals surface area contributed by atoms with Crippen LogP contribution in [0, 0.1) is 0 Å². The fraction of sp³-hybridized carbons (Fsp3) is 0.588. The van der Waals surface area contributed by atoms with Crippen molar-refractivity contribution < 1.29 is 16.5 Å². The number of aryl methyl sites for hydroxylation is 4. The molecule has 0 aliphatic heterocycles. The van der Waals surface area contributed by atoms with Gasteiger partial charge in [-0.05, 0) is 85.0 Å². The number of hydrogen-bond donors (Lipinski definition) is 0. The average Bonchev–Trinajstić information content (AvgIpc) is 2.88. The quantitative estimate of drug-likeness (QED) is 0.101. The summed E-state index contributed by atoms with van der Waals surface area (Å²) in [4.78, 5) is 10.1. The van der Waals surface area contributed by atoms with Crippen molar-refractivity contribution in [2.45, 2.75) is 131 Å². The predicted molar refractivity (Wildman–Crippen MR) is 162 cm³/mol. The second-order valence-corrected chi connectivity index (χ2v) is 10.3. The first kappa shape index (κ1) is 33.3. The van der Waals surface area contributed by atoms with E-state index < -0.39 is 0 Å². The second kappa shape index (κ2) is 20.3. The third kappa shape index (κ3) is 12.6. The maximum Gasteiger partial charge on any atom is 0.0636 e. The Hall–Kier alpha value is -1.73. The topological polar surface area (TPSA) is 24.7 Å². The maximum absolute atomic E-state index is 5.12. The summed E-state index contributed by atoms with van der Waals surface area (Å²) in [6.07, 6.45) is 20.1. The van der Waals surface area contributed by atoms with Crippen LogP contribution in [0.15, 0.2) is 46.4 Å². The van der Waals surface area contributed by atoms with Crippen LogP contribution < -0.4 is 0 Å². The van der Waals surface area contributed by atoms with Crippen molar-refractivity contribution >= 4 is 23.3 Å². The Labute approximate surface area is 238 Å². The Kier molecular flexibility index (Phi) is 18.2. The average molecular weight is 547 g/mol. The van der Waals surface area contributed by atoms with E-state index in [2.05, 4.69) is 71.0 Å². The van der Waals surface area contributed by atoms with Crippen LogP contribution in [0.1, 0.15) is 128 Å². The fourth-order valence-corrected chi connectivity index (χ4v) is 4.96. The molecule has 0 amide bonds. The van der Waals surface area contributed by atoms with Crippen LogP contribution >= 0.6 is 0 Å². The Bertz CT molecular complexity index is 945. The van der Waals surface area contributed by atoms with Crippen LogP contribution in [0.5, 0.6) is 0 Å². The minimum Gasteiger partial charge on any atom is -0.255 e. The summed E-state index contributed by atoms with van der Waals surface area (Å²) < 4.78 is 0. The molecule has 0 aromatic heterocycles. The first-order valence-electron chi connectivity index (χ1n) is 15.0. The number of benzene rings is 2. The van der Waals surface area contributed by atoms with Gasteiger partial charge >= 0.3 is 0 Å². The zero-order valence-electron chi connectivity index (χ0n) is 24.4. The summed E-state index contributed by atoms with van der Waals surface area (Å²) >= 11 is 0. The van der Waals surface area contributed by atoms with Crippen molar-refractivity contribution in [3.63, 3.8) is 0 Å². The third-order valence-electron chi connectivity index (χ3n) is 6.88. The van der Waals surface area contributed by atoms with E-state index in [9.17, 15) is 0 Å². The van der Waals surface area contributed by atoms with Crippen molar-refractivity contribution in [3.8, 4) is 0 Å². The molecule has 0 atom stereocenters. The molecule has 0 saturated heterocycles. The van der Waals surface area contributed by atoms with Crippen molar-refractivity contribution in [2.24, 2.45) is 9.98 Å². The smallest absolute Gasteiger partial charge is 0.0636 e. The molecule has 0 spiro atoms. The molecule has 0 saturated carbocycles. The van der Waals surface area contributed by atoms with E-state index in [0.717, 1.165) is 49.2 Å². The Morgan fingerprint density at radius 2 is 1.05 bits per heavy atom. The number of nitrogens with zero attached hydrogens (tertiary/aromatic N) is 2. The first-order valence-corrected chi connectivity index (χ1v) is 15.0. The van der Waals surface area contributed by atoms with Crippen molar-refractivity contribution in [3.05, 3.63) is 58.7 Å². The zero-order chi connectivity index (χ0) is 26.0. The van der Waals surface area contributed by atoms with E-state index in [1.54, 1.807) is 0 Å². The van der Waals surface area contributed by atoms with E-state index in [1.807, 2.05) is 6.21 Å². The number of aliphatic imine (C=N–C) groups is 2. The molecule has 0 bridgehead atoms. The second-order valence-electron chi connectivity index (χ2n) is 10.3. The maximum atomic E-state index is 5.12. The van der Waals surface area contributed by atoms with Gasteiger partial charge in [0.25, 0.3) is 0 Å². The monoisotopic (exact) mass is 546 g/mol. The van der Waals surface area contributed by atoms with Crippen molar-refractivity contribution in [1.82, 2.24) is 0 Å². The minimum atomic E-state index is 0. The molecule has 0 aliphatic rings. The molecule has 0 aliphatic carbocycles. The molecule has 0 heterocycles. The molecule has 37 heavy (non-hydrogen) atoms. The van der Waals surface area contributed by atoms with E-state index >= 15 is 0 Å². The molecule has 208 valence electrons. The van der Waals surface area contributed by atoms with Gasteiger partial charge in [-0.1, -0.05) is 105 Å². The molecule has 0 unspecified atom stereocenters. The van der Waals surface area contributed by atoms with Crippen LogP contribution in [0.4, 0.5) is 11.4 Å². The van der Waals surface area contributed by atoms with Crippen molar-refractivity contribution in [2.75, 3.05) is 0 Å². The normalized spacial score (nSPS) is 11.8. The SMILES string of the molecule is CCCCCCCCC(C=Nc1ccc(CCC)c(CCC)c1)=Nc1ccc(CCC)c(CCC)c1.[Ni]. The van der Waals surface area contributed by atoms with E-state index in [0.29, 0.717) is 0 Å². The molecule has 0 N–H and O–H groups in total. The van der Waals surface area contributed by atoms with Gasteiger partial charge in [-0.3, -0.25) is 9.98 Å². The van der Waals surface area contributed by atoms with E-state index in [-0.39, 0.29) is 16.5 Å². The van der Waals surface area contributed by atoms with Gasteiger partial charge in [-0.15, -0.1) is 0 Å². The van der Waals surface area contributed by atoms with Crippen LogP contribution in [0.3, 0.4) is 0 Å². The van der Waals surface area contributed by atoms with Gasteiger partial charge in [-0.25, -0.2) is 0 Å². The zero-order valence-corrected chi connectivity index (χ0v) is 25.3. The van der Waals surface area contributed by atoms with Gasteiger partial charge < -0.3 is 0 Å². The molecular formula is C34H52N2Ni. The molecular weight excluding hydrogens is 495 g/mol. The minimum absolute atomic E-state index is 0. The third-order valence-corrected chi connectivity index (χ3v) is 6.88. The Morgan fingerprint density at radius 3 is 1.62 bits per heavy atom. The van der Waals surface area contributed by atoms with E-state index in [4.69, 9.17) is 9.98 Å². The largest absolute Gasteiger partial charge is 0.255 e. The number of unbranched alkanes of at least 4 members (excludes halogenated alkanes) is 5. The molecule has 2 rings (SSSR count). The summed E-state index contributed by atoms with van der Waals surface area (Å²) in [6, 6.07) is 13.6. The van der Waals surface area contributed by atoms with Gasteiger partial charge in [0.2, 0.25) is 0 Å². The van der Waals surface area contributed by atoms with Gasteiger partial charge in [0, 0.05) is 22.7 Å². The van der Waals surface area contributed by atoms with Crippen LogP contribution in [0.2, 0.25) is 0 Å². The number of hydrogen-bond acceptors (Lipinski definition) is 2. The molecule has 2 nitrogen and oxygen atoms in total. The first-order chi connectivity index (χ1) is 17.6. The van der Waals surface area contributed by atoms with Crippen LogP contribution in [-0.2, 0) is 42.2 Å². The van der Waals surface area contributed by atoms with Gasteiger partial charge in [0.05, 0.1) is 17.1 Å². The molecule has 3 heteroatoms. The Balaban J connectivity index is 0.00000684. The fourth-order valence-electron chi connectivity index (χ4n) is 4.96. The summed E-state index contributed by atoms with van der Waals surface area (Å²) in [5.74, 6) is 0. The van der Waals surface area contributed by atoms with Gasteiger partial charge in [0.15, 0.2) is 0 Å². The molecule has 2 aromatic rings. The Morgan fingerprint density at radius 1 is 0.568 bits per heavy atom. The van der Waals surface area contributed by atoms with Crippen LogP contribution in [-0.4, -0.2) is 11.9 Å².